The molecule has 1 aliphatic rings. The van der Waals surface area contributed by atoms with Crippen molar-refractivity contribution in [2.24, 2.45) is 5.92 Å². The van der Waals surface area contributed by atoms with E-state index in [0.29, 0.717) is 23.6 Å². The third kappa shape index (κ3) is 3.45. The number of nitrogens with zero attached hydrogens (tertiary/aromatic N) is 1. The van der Waals surface area contributed by atoms with Crippen molar-refractivity contribution in [1.82, 2.24) is 5.32 Å². The summed E-state index contributed by atoms with van der Waals surface area (Å²) in [5, 5.41) is 12.0. The molecule has 1 fully saturated rings. The van der Waals surface area contributed by atoms with Crippen molar-refractivity contribution < 1.29 is 4.39 Å². The summed E-state index contributed by atoms with van der Waals surface area (Å²) in [6, 6.07) is 6.51. The molecule has 2 nitrogen and oxygen atoms in total. The minimum absolute atomic E-state index is 0.239. The number of rotatable bonds is 4. The Balaban J connectivity index is 1.87. The molecule has 1 aliphatic heterocycles. The highest BCUT2D eigenvalue weighted by Gasteiger charge is 2.14. The van der Waals surface area contributed by atoms with Crippen LogP contribution >= 0.6 is 11.8 Å². The molecule has 0 radical (unpaired) electrons. The molecule has 0 saturated carbocycles. The minimum Gasteiger partial charge on any atom is -0.312 e. The van der Waals surface area contributed by atoms with Crippen LogP contribution in [0.5, 0.6) is 0 Å². The monoisotopic (exact) mass is 250 g/mol. The maximum atomic E-state index is 13.5. The lowest BCUT2D eigenvalue weighted by Gasteiger charge is -2.10. The van der Waals surface area contributed by atoms with Crippen LogP contribution in [-0.2, 0) is 6.54 Å². The van der Waals surface area contributed by atoms with E-state index in [2.05, 4.69) is 5.32 Å². The van der Waals surface area contributed by atoms with Crippen LogP contribution in [0.4, 0.5) is 4.39 Å². The molecular weight excluding hydrogens is 235 g/mol. The van der Waals surface area contributed by atoms with Crippen LogP contribution in [0, 0.1) is 23.1 Å². The van der Waals surface area contributed by atoms with Gasteiger partial charge in [0.2, 0.25) is 0 Å². The molecule has 0 bridgehead atoms. The summed E-state index contributed by atoms with van der Waals surface area (Å²) in [4.78, 5) is 0. The van der Waals surface area contributed by atoms with Gasteiger partial charge in [0.25, 0.3) is 0 Å². The van der Waals surface area contributed by atoms with E-state index in [9.17, 15) is 4.39 Å². The molecule has 0 aromatic heterocycles. The minimum atomic E-state index is -0.239. The molecule has 1 heterocycles. The Labute approximate surface area is 105 Å². The predicted molar refractivity (Wildman–Crippen MR) is 68.3 cm³/mol. The van der Waals surface area contributed by atoms with E-state index in [0.717, 1.165) is 6.54 Å². The van der Waals surface area contributed by atoms with Crippen molar-refractivity contribution in [2.45, 2.75) is 13.0 Å². The average molecular weight is 250 g/mol. The summed E-state index contributed by atoms with van der Waals surface area (Å²) < 4.78 is 13.5. The largest absolute Gasteiger partial charge is 0.312 e. The van der Waals surface area contributed by atoms with Crippen molar-refractivity contribution in [1.29, 1.82) is 5.26 Å². The van der Waals surface area contributed by atoms with Gasteiger partial charge < -0.3 is 5.32 Å². The van der Waals surface area contributed by atoms with Gasteiger partial charge in [-0.3, -0.25) is 0 Å². The zero-order valence-corrected chi connectivity index (χ0v) is 10.4. The second-order valence-electron chi connectivity index (χ2n) is 4.28. The molecule has 4 heteroatoms. The second kappa shape index (κ2) is 6.04. The highest BCUT2D eigenvalue weighted by molar-refractivity contribution is 7.99. The third-order valence-electron chi connectivity index (χ3n) is 2.95. The maximum Gasteiger partial charge on any atom is 0.127 e. The lowest BCUT2D eigenvalue weighted by Crippen LogP contribution is -2.22. The van der Waals surface area contributed by atoms with E-state index in [4.69, 9.17) is 5.26 Å². The van der Waals surface area contributed by atoms with Gasteiger partial charge in [0.15, 0.2) is 0 Å². The lowest BCUT2D eigenvalue weighted by atomic mass is 10.1. The smallest absolute Gasteiger partial charge is 0.127 e. The second-order valence-corrected chi connectivity index (χ2v) is 5.43. The Kier molecular flexibility index (Phi) is 4.41. The fourth-order valence-corrected chi connectivity index (χ4v) is 3.22. The molecule has 2 rings (SSSR count). The van der Waals surface area contributed by atoms with Crippen molar-refractivity contribution in [3.8, 4) is 6.07 Å². The molecule has 90 valence electrons. The molecule has 1 N–H and O–H groups in total. The van der Waals surface area contributed by atoms with Crippen molar-refractivity contribution in [3.63, 3.8) is 0 Å². The van der Waals surface area contributed by atoms with Crippen molar-refractivity contribution in [2.75, 3.05) is 18.1 Å². The highest BCUT2D eigenvalue weighted by atomic mass is 32.2. The number of hydrogen-bond donors (Lipinski definition) is 1. The Bertz CT molecular complexity index is 422. The summed E-state index contributed by atoms with van der Waals surface area (Å²) in [5.74, 6) is 2.91. The van der Waals surface area contributed by atoms with Gasteiger partial charge in [-0.15, -0.1) is 0 Å². The van der Waals surface area contributed by atoms with Crippen molar-refractivity contribution >= 4 is 11.8 Å². The van der Waals surface area contributed by atoms with Gasteiger partial charge in [0, 0.05) is 12.1 Å². The molecule has 1 saturated heterocycles. The standard InChI is InChI=1S/C13H15FN2S/c14-13-2-1-10(6-15)5-12(13)8-16-7-11-3-4-17-9-11/h1-2,5,11,16H,3-4,7-9H2. The van der Waals surface area contributed by atoms with E-state index in [1.54, 1.807) is 6.07 Å². The summed E-state index contributed by atoms with van der Waals surface area (Å²) in [7, 11) is 0. The van der Waals surface area contributed by atoms with E-state index in [1.807, 2.05) is 17.8 Å². The number of halogens is 1. The van der Waals surface area contributed by atoms with Crippen LogP contribution in [-0.4, -0.2) is 18.1 Å². The number of nitrogens with one attached hydrogen (secondary N) is 1. The van der Waals surface area contributed by atoms with Gasteiger partial charge in [0.05, 0.1) is 11.6 Å². The molecule has 1 aromatic rings. The van der Waals surface area contributed by atoms with Crippen LogP contribution in [0.25, 0.3) is 0 Å². The van der Waals surface area contributed by atoms with Crippen molar-refractivity contribution in [3.05, 3.63) is 35.1 Å². The predicted octanol–water partition coefficient (Wildman–Crippen LogP) is 2.54. The summed E-state index contributed by atoms with van der Waals surface area (Å²) in [6.45, 7) is 1.44. The molecular formula is C13H15FN2S. The van der Waals surface area contributed by atoms with Gasteiger partial charge in [-0.2, -0.15) is 17.0 Å². The van der Waals surface area contributed by atoms with E-state index in [1.165, 1.54) is 30.1 Å². The number of thioether (sulfide) groups is 1. The first kappa shape index (κ1) is 12.4. The summed E-state index contributed by atoms with van der Waals surface area (Å²) >= 11 is 1.98. The van der Waals surface area contributed by atoms with Gasteiger partial charge in [0.1, 0.15) is 5.82 Å². The average Bonchev–Trinajstić information content (AvgIpc) is 2.84. The quantitative estimate of drug-likeness (QED) is 0.892. The van der Waals surface area contributed by atoms with Gasteiger partial charge in [-0.25, -0.2) is 4.39 Å². The van der Waals surface area contributed by atoms with Crippen LogP contribution in [0.15, 0.2) is 18.2 Å². The Morgan fingerprint density at radius 2 is 2.41 bits per heavy atom. The Morgan fingerprint density at radius 1 is 1.53 bits per heavy atom. The van der Waals surface area contributed by atoms with Gasteiger partial charge in [-0.1, -0.05) is 0 Å². The molecule has 0 amide bonds. The van der Waals surface area contributed by atoms with E-state index < -0.39 is 0 Å². The normalized spacial score (nSPS) is 19.2. The zero-order valence-electron chi connectivity index (χ0n) is 9.58. The van der Waals surface area contributed by atoms with Gasteiger partial charge >= 0.3 is 0 Å². The molecule has 17 heavy (non-hydrogen) atoms. The fraction of sp³-hybridized carbons (Fsp3) is 0.462. The molecule has 1 aromatic carbocycles. The van der Waals surface area contributed by atoms with E-state index in [-0.39, 0.29) is 5.82 Å². The number of nitriles is 1. The summed E-state index contributed by atoms with van der Waals surface area (Å²) in [5.41, 5.74) is 1.09. The third-order valence-corrected chi connectivity index (χ3v) is 4.18. The molecule has 1 atom stereocenters. The van der Waals surface area contributed by atoms with Crippen LogP contribution in [0.2, 0.25) is 0 Å². The Hall–Kier alpha value is -1.05. The SMILES string of the molecule is N#Cc1ccc(F)c(CNCC2CCSC2)c1. The van der Waals surface area contributed by atoms with Gasteiger partial charge in [-0.05, 0) is 48.6 Å². The van der Waals surface area contributed by atoms with Crippen LogP contribution < -0.4 is 5.32 Å². The first-order valence-electron chi connectivity index (χ1n) is 5.76. The first-order chi connectivity index (χ1) is 8.29. The maximum absolute atomic E-state index is 13.5. The Morgan fingerprint density at radius 3 is 3.12 bits per heavy atom. The lowest BCUT2D eigenvalue weighted by molar-refractivity contribution is 0.512. The summed E-state index contributed by atoms with van der Waals surface area (Å²) in [6.07, 6.45) is 1.25. The van der Waals surface area contributed by atoms with E-state index >= 15 is 0 Å². The molecule has 0 spiro atoms. The molecule has 0 aliphatic carbocycles. The first-order valence-corrected chi connectivity index (χ1v) is 6.92. The number of benzene rings is 1. The highest BCUT2D eigenvalue weighted by Crippen LogP contribution is 2.22. The molecule has 1 unspecified atom stereocenters. The van der Waals surface area contributed by atoms with Crippen LogP contribution in [0.1, 0.15) is 17.5 Å². The van der Waals surface area contributed by atoms with Crippen LogP contribution in [0.3, 0.4) is 0 Å². The fourth-order valence-electron chi connectivity index (χ4n) is 1.94. The topological polar surface area (TPSA) is 35.8 Å². The zero-order chi connectivity index (χ0) is 12.1. The number of hydrogen-bond acceptors (Lipinski definition) is 3.